The first-order valence-corrected chi connectivity index (χ1v) is 4.34. The lowest BCUT2D eigenvalue weighted by Crippen LogP contribution is -2.25. The highest BCUT2D eigenvalue weighted by Gasteiger charge is 2.35. The van der Waals surface area contributed by atoms with Crippen molar-refractivity contribution in [3.05, 3.63) is 29.6 Å². The molecule has 1 aromatic rings. The highest BCUT2D eigenvalue weighted by atomic mass is 19.4. The molecule has 0 unspecified atom stereocenters. The van der Waals surface area contributed by atoms with Gasteiger partial charge in [-0.3, -0.25) is 9.78 Å². The van der Waals surface area contributed by atoms with Crippen LogP contribution >= 0.6 is 0 Å². The molecule has 0 aliphatic rings. The zero-order chi connectivity index (χ0) is 12.9. The van der Waals surface area contributed by atoms with E-state index in [-0.39, 0.29) is 0 Å². The number of halogens is 3. The zero-order valence-corrected chi connectivity index (χ0v) is 8.65. The fraction of sp³-hybridized carbons (Fsp3) is 0.222. The molecule has 0 aromatic carbocycles. The number of rotatable bonds is 3. The van der Waals surface area contributed by atoms with Crippen molar-refractivity contribution in [2.24, 2.45) is 5.16 Å². The van der Waals surface area contributed by atoms with Gasteiger partial charge in [-0.15, -0.1) is 0 Å². The van der Waals surface area contributed by atoms with E-state index in [9.17, 15) is 18.0 Å². The lowest BCUT2D eigenvalue weighted by molar-refractivity contribution is -0.138. The van der Waals surface area contributed by atoms with Crippen molar-refractivity contribution in [3.63, 3.8) is 0 Å². The summed E-state index contributed by atoms with van der Waals surface area (Å²) in [6.45, 7) is 0. The van der Waals surface area contributed by atoms with Gasteiger partial charge in [-0.25, -0.2) is 0 Å². The van der Waals surface area contributed by atoms with Gasteiger partial charge in [-0.05, 0) is 6.07 Å². The number of hydrogen-bond acceptors (Lipinski definition) is 4. The largest absolute Gasteiger partial charge is 0.417 e. The standard InChI is InChI=1S/C9H8F3N3O2/c1-17-15-5-14-8(16)6-4-13-3-2-7(6)9(10,11)12/h2-5H,1H3,(H,14,15,16). The molecular formula is C9H8F3N3O2. The van der Waals surface area contributed by atoms with Crippen molar-refractivity contribution >= 4 is 12.2 Å². The van der Waals surface area contributed by atoms with E-state index in [1.54, 1.807) is 0 Å². The number of amides is 1. The summed E-state index contributed by atoms with van der Waals surface area (Å²) in [5, 5.41) is 5.19. The Morgan fingerprint density at radius 3 is 2.88 bits per heavy atom. The van der Waals surface area contributed by atoms with Crippen LogP contribution in [0.3, 0.4) is 0 Å². The summed E-state index contributed by atoms with van der Waals surface area (Å²) >= 11 is 0. The van der Waals surface area contributed by atoms with Crippen LogP contribution in [0.25, 0.3) is 0 Å². The number of hydrogen-bond donors (Lipinski definition) is 1. The van der Waals surface area contributed by atoms with E-state index in [2.05, 4.69) is 15.0 Å². The fourth-order valence-corrected chi connectivity index (χ4v) is 1.04. The van der Waals surface area contributed by atoms with Gasteiger partial charge in [0.05, 0.1) is 11.1 Å². The predicted molar refractivity (Wildman–Crippen MR) is 52.2 cm³/mol. The molecule has 0 saturated carbocycles. The van der Waals surface area contributed by atoms with Crippen molar-refractivity contribution in [3.8, 4) is 0 Å². The summed E-state index contributed by atoms with van der Waals surface area (Å²) in [7, 11) is 1.23. The second kappa shape index (κ2) is 5.28. The first kappa shape index (κ1) is 12.9. The number of pyridine rings is 1. The van der Waals surface area contributed by atoms with Gasteiger partial charge in [0.1, 0.15) is 13.4 Å². The zero-order valence-electron chi connectivity index (χ0n) is 8.65. The molecule has 0 bridgehead atoms. The summed E-state index contributed by atoms with van der Waals surface area (Å²) in [6, 6.07) is 0.725. The minimum Gasteiger partial charge on any atom is -0.398 e. The quantitative estimate of drug-likeness (QED) is 0.499. The van der Waals surface area contributed by atoms with E-state index in [0.29, 0.717) is 0 Å². The first-order valence-electron chi connectivity index (χ1n) is 4.34. The van der Waals surface area contributed by atoms with Gasteiger partial charge < -0.3 is 10.2 Å². The molecule has 1 heterocycles. The minimum atomic E-state index is -4.62. The molecule has 1 N–H and O–H groups in total. The molecule has 0 spiro atoms. The molecule has 0 radical (unpaired) electrons. The maximum Gasteiger partial charge on any atom is 0.417 e. The Kier molecular flexibility index (Phi) is 4.02. The molecule has 0 aliphatic heterocycles. The van der Waals surface area contributed by atoms with Crippen LogP contribution in [0.2, 0.25) is 0 Å². The van der Waals surface area contributed by atoms with Gasteiger partial charge in [0.15, 0.2) is 0 Å². The fourth-order valence-electron chi connectivity index (χ4n) is 1.04. The Hall–Kier alpha value is -2.12. The number of nitrogens with zero attached hydrogens (tertiary/aromatic N) is 2. The lowest BCUT2D eigenvalue weighted by atomic mass is 10.1. The predicted octanol–water partition coefficient (Wildman–Crippen LogP) is 1.42. The topological polar surface area (TPSA) is 63.6 Å². The van der Waals surface area contributed by atoms with Crippen LogP contribution in [-0.2, 0) is 11.0 Å². The number of aromatic nitrogens is 1. The number of carbonyl (C=O) groups is 1. The summed E-state index contributed by atoms with van der Waals surface area (Å²) < 4.78 is 37.6. The van der Waals surface area contributed by atoms with E-state index in [1.807, 2.05) is 5.32 Å². The van der Waals surface area contributed by atoms with Crippen LogP contribution in [0.1, 0.15) is 15.9 Å². The van der Waals surface area contributed by atoms with Crippen molar-refractivity contribution < 1.29 is 22.8 Å². The van der Waals surface area contributed by atoms with E-state index in [1.165, 1.54) is 7.11 Å². The van der Waals surface area contributed by atoms with E-state index < -0.39 is 23.2 Å². The molecule has 1 rings (SSSR count). The summed E-state index contributed by atoms with van der Waals surface area (Å²) in [4.78, 5) is 19.1. The van der Waals surface area contributed by atoms with Crippen LogP contribution in [0.5, 0.6) is 0 Å². The third kappa shape index (κ3) is 3.44. The normalized spacial score (nSPS) is 11.5. The molecule has 0 saturated heterocycles. The van der Waals surface area contributed by atoms with Crippen LogP contribution in [-0.4, -0.2) is 24.3 Å². The molecule has 0 aliphatic carbocycles. The molecule has 17 heavy (non-hydrogen) atoms. The van der Waals surface area contributed by atoms with Gasteiger partial charge in [-0.1, -0.05) is 5.16 Å². The summed E-state index contributed by atoms with van der Waals surface area (Å²) in [6.07, 6.45) is -1.98. The third-order valence-electron chi connectivity index (χ3n) is 1.72. The molecular weight excluding hydrogens is 239 g/mol. The molecule has 0 atom stereocenters. The van der Waals surface area contributed by atoms with Crippen LogP contribution in [0, 0.1) is 0 Å². The Morgan fingerprint density at radius 1 is 1.59 bits per heavy atom. The Labute approximate surface area is 94.3 Å². The smallest absolute Gasteiger partial charge is 0.398 e. The van der Waals surface area contributed by atoms with Gasteiger partial charge >= 0.3 is 6.18 Å². The Morgan fingerprint density at radius 2 is 2.29 bits per heavy atom. The van der Waals surface area contributed by atoms with Crippen molar-refractivity contribution in [1.29, 1.82) is 0 Å². The second-order valence-corrected chi connectivity index (χ2v) is 2.81. The van der Waals surface area contributed by atoms with E-state index in [0.717, 1.165) is 24.8 Å². The summed E-state index contributed by atoms with van der Waals surface area (Å²) in [5.74, 6) is -0.966. The SMILES string of the molecule is CO/N=C/NC(=O)c1cnccc1C(F)(F)F. The first-order chi connectivity index (χ1) is 7.96. The molecule has 1 aromatic heterocycles. The molecule has 5 nitrogen and oxygen atoms in total. The molecule has 8 heteroatoms. The van der Waals surface area contributed by atoms with E-state index in [4.69, 9.17) is 0 Å². The minimum absolute atomic E-state index is 0.581. The highest BCUT2D eigenvalue weighted by Crippen LogP contribution is 2.31. The van der Waals surface area contributed by atoms with E-state index >= 15 is 0 Å². The monoisotopic (exact) mass is 247 g/mol. The third-order valence-corrected chi connectivity index (χ3v) is 1.72. The summed E-state index contributed by atoms with van der Waals surface area (Å²) in [5.41, 5.74) is -1.64. The lowest BCUT2D eigenvalue weighted by Gasteiger charge is -2.10. The number of carbonyl (C=O) groups excluding carboxylic acids is 1. The maximum atomic E-state index is 12.5. The molecule has 0 fully saturated rings. The van der Waals surface area contributed by atoms with Gasteiger partial charge in [-0.2, -0.15) is 13.2 Å². The van der Waals surface area contributed by atoms with Crippen LogP contribution < -0.4 is 5.32 Å². The van der Waals surface area contributed by atoms with Crippen LogP contribution in [0.4, 0.5) is 13.2 Å². The van der Waals surface area contributed by atoms with Crippen molar-refractivity contribution in [2.45, 2.75) is 6.18 Å². The number of nitrogens with one attached hydrogen (secondary N) is 1. The average Bonchev–Trinajstić information content (AvgIpc) is 2.28. The Balaban J connectivity index is 2.98. The van der Waals surface area contributed by atoms with Gasteiger partial charge in [0.2, 0.25) is 0 Å². The highest BCUT2D eigenvalue weighted by molar-refractivity contribution is 6.01. The van der Waals surface area contributed by atoms with Crippen molar-refractivity contribution in [2.75, 3.05) is 7.11 Å². The molecule has 92 valence electrons. The number of oxime groups is 1. The second-order valence-electron chi connectivity index (χ2n) is 2.81. The van der Waals surface area contributed by atoms with Gasteiger partial charge in [0, 0.05) is 12.4 Å². The van der Waals surface area contributed by atoms with Crippen molar-refractivity contribution in [1.82, 2.24) is 10.3 Å². The maximum absolute atomic E-state index is 12.5. The van der Waals surface area contributed by atoms with Crippen LogP contribution in [0.15, 0.2) is 23.6 Å². The molecule has 1 amide bonds. The average molecular weight is 247 g/mol. The number of alkyl halides is 3. The van der Waals surface area contributed by atoms with Gasteiger partial charge in [0.25, 0.3) is 5.91 Å². The Bertz CT molecular complexity index is 432.